The third-order valence-corrected chi connectivity index (χ3v) is 5.10. The molecule has 11 nitrogen and oxygen atoms in total. The Morgan fingerprint density at radius 3 is 1.57 bits per heavy atom. The molecule has 1 heterocycles. The lowest BCUT2D eigenvalue weighted by atomic mass is 10.1. The van der Waals surface area contributed by atoms with Gasteiger partial charge in [-0.25, -0.2) is 4.79 Å². The Labute approximate surface area is 218 Å². The number of carbonyl (C=O) groups is 3. The first-order valence-electron chi connectivity index (χ1n) is 12.5. The predicted octanol–water partition coefficient (Wildman–Crippen LogP) is 2.23. The summed E-state index contributed by atoms with van der Waals surface area (Å²) in [5.74, 6) is -0.561. The molecule has 0 radical (unpaired) electrons. The number of imide groups is 1. The van der Waals surface area contributed by atoms with Crippen molar-refractivity contribution in [1.82, 2.24) is 9.80 Å². The number of ether oxygens (including phenoxy) is 6. The Morgan fingerprint density at radius 2 is 1.14 bits per heavy atom. The van der Waals surface area contributed by atoms with Gasteiger partial charge in [0.05, 0.1) is 83.7 Å². The van der Waals surface area contributed by atoms with Crippen molar-refractivity contribution in [2.45, 2.75) is 26.4 Å². The van der Waals surface area contributed by atoms with E-state index in [9.17, 15) is 14.4 Å². The van der Waals surface area contributed by atoms with Crippen molar-refractivity contribution in [3.05, 3.63) is 35.4 Å². The molecule has 1 aromatic carbocycles. The number of carbonyl (C=O) groups excluding carboxylic acids is 3. The van der Waals surface area contributed by atoms with Crippen LogP contribution in [0.2, 0.25) is 0 Å². The number of amides is 3. The lowest BCUT2D eigenvalue weighted by Crippen LogP contribution is -2.36. The molecule has 0 unspecified atom stereocenters. The topological polar surface area (TPSA) is 113 Å². The number of rotatable bonds is 18. The first-order chi connectivity index (χ1) is 17.7. The van der Waals surface area contributed by atoms with Gasteiger partial charge in [0.25, 0.3) is 11.8 Å². The second kappa shape index (κ2) is 16.3. The fraction of sp³-hybridized carbons (Fsp3) is 0.654. The quantitative estimate of drug-likeness (QED) is 0.211. The normalized spacial score (nSPS) is 13.2. The number of benzene rings is 1. The molecule has 0 saturated carbocycles. The van der Waals surface area contributed by atoms with Gasteiger partial charge in [0.1, 0.15) is 5.60 Å². The summed E-state index contributed by atoms with van der Waals surface area (Å²) in [6, 6.07) is 6.80. The van der Waals surface area contributed by atoms with Gasteiger partial charge < -0.3 is 33.3 Å². The highest BCUT2D eigenvalue weighted by molar-refractivity contribution is 6.21. The van der Waals surface area contributed by atoms with Crippen LogP contribution in [0.15, 0.2) is 24.3 Å². The highest BCUT2D eigenvalue weighted by Crippen LogP contribution is 2.21. The smallest absolute Gasteiger partial charge is 0.410 e. The molecule has 0 N–H and O–H groups in total. The molecule has 0 aliphatic carbocycles. The van der Waals surface area contributed by atoms with Gasteiger partial charge in [0.15, 0.2) is 0 Å². The Morgan fingerprint density at radius 1 is 0.730 bits per heavy atom. The molecular formula is C26H40N2O9. The molecule has 0 saturated heterocycles. The maximum absolute atomic E-state index is 12.3. The van der Waals surface area contributed by atoms with Crippen LogP contribution in [0.25, 0.3) is 0 Å². The second-order valence-corrected chi connectivity index (χ2v) is 9.27. The monoisotopic (exact) mass is 524 g/mol. The molecule has 3 amide bonds. The van der Waals surface area contributed by atoms with E-state index >= 15 is 0 Å². The first-order valence-corrected chi connectivity index (χ1v) is 12.5. The molecule has 0 fully saturated rings. The molecule has 1 aliphatic heterocycles. The number of hydrogen-bond donors (Lipinski definition) is 0. The summed E-state index contributed by atoms with van der Waals surface area (Å²) < 4.78 is 32.5. The maximum Gasteiger partial charge on any atom is 0.410 e. The molecule has 0 spiro atoms. The van der Waals surface area contributed by atoms with Crippen LogP contribution in [0.4, 0.5) is 4.79 Å². The number of hydrogen-bond acceptors (Lipinski definition) is 9. The SMILES string of the molecule is CN(CCOCCOCCOCCOCCOCCN1C(=O)c2ccccc2C1=O)C(=O)OC(C)(C)C. The summed E-state index contributed by atoms with van der Waals surface area (Å²) in [5.41, 5.74) is 0.363. The zero-order valence-electron chi connectivity index (χ0n) is 22.4. The molecule has 1 aliphatic rings. The molecule has 0 aromatic heterocycles. The van der Waals surface area contributed by atoms with Crippen LogP contribution in [0.5, 0.6) is 0 Å². The fourth-order valence-electron chi connectivity index (χ4n) is 3.21. The van der Waals surface area contributed by atoms with Crippen molar-refractivity contribution in [2.24, 2.45) is 0 Å². The van der Waals surface area contributed by atoms with Crippen molar-refractivity contribution in [3.63, 3.8) is 0 Å². The molecule has 0 bridgehead atoms. The van der Waals surface area contributed by atoms with Crippen molar-refractivity contribution in [2.75, 3.05) is 86.2 Å². The van der Waals surface area contributed by atoms with Crippen LogP contribution in [-0.4, -0.2) is 120 Å². The molecular weight excluding hydrogens is 484 g/mol. The van der Waals surface area contributed by atoms with Gasteiger partial charge in [-0.1, -0.05) is 12.1 Å². The molecule has 208 valence electrons. The Balaban J connectivity index is 1.32. The predicted molar refractivity (Wildman–Crippen MR) is 135 cm³/mol. The summed E-state index contributed by atoms with van der Waals surface area (Å²) >= 11 is 0. The number of nitrogens with zero attached hydrogens (tertiary/aromatic N) is 2. The second-order valence-electron chi connectivity index (χ2n) is 9.27. The van der Waals surface area contributed by atoms with Gasteiger partial charge in [-0.3, -0.25) is 14.5 Å². The van der Waals surface area contributed by atoms with Gasteiger partial charge >= 0.3 is 6.09 Å². The average molecular weight is 525 g/mol. The molecule has 2 rings (SSSR count). The van der Waals surface area contributed by atoms with Crippen LogP contribution in [0.3, 0.4) is 0 Å². The van der Waals surface area contributed by atoms with Crippen molar-refractivity contribution < 1.29 is 42.8 Å². The molecule has 0 atom stereocenters. The summed E-state index contributed by atoms with van der Waals surface area (Å²) in [5, 5.41) is 0. The van der Waals surface area contributed by atoms with Gasteiger partial charge in [0.2, 0.25) is 0 Å². The summed E-state index contributed by atoms with van der Waals surface area (Å²) in [6.45, 7) is 10.2. The van der Waals surface area contributed by atoms with Crippen LogP contribution in [-0.2, 0) is 28.4 Å². The standard InChI is InChI=1S/C26H40N2O9/c1-26(2,3)37-25(31)27(4)9-11-32-13-15-34-17-19-36-20-18-35-16-14-33-12-10-28-23(29)21-7-5-6-8-22(21)24(28)30/h5-8H,9-20H2,1-4H3. The minimum absolute atomic E-state index is 0.212. The Kier molecular flexibility index (Phi) is 13.5. The Hall–Kier alpha value is -2.57. The molecule has 1 aromatic rings. The highest BCUT2D eigenvalue weighted by Gasteiger charge is 2.34. The minimum Gasteiger partial charge on any atom is -0.444 e. The van der Waals surface area contributed by atoms with Crippen molar-refractivity contribution in [1.29, 1.82) is 0 Å². The Bertz CT molecular complexity index is 822. The largest absolute Gasteiger partial charge is 0.444 e. The zero-order valence-corrected chi connectivity index (χ0v) is 22.4. The van der Waals surface area contributed by atoms with E-state index < -0.39 is 5.60 Å². The third kappa shape index (κ3) is 11.6. The van der Waals surface area contributed by atoms with Crippen molar-refractivity contribution in [3.8, 4) is 0 Å². The van der Waals surface area contributed by atoms with Gasteiger partial charge in [-0.05, 0) is 32.9 Å². The van der Waals surface area contributed by atoms with E-state index in [0.717, 1.165) is 0 Å². The molecule has 37 heavy (non-hydrogen) atoms. The van der Waals surface area contributed by atoms with Crippen LogP contribution >= 0.6 is 0 Å². The van der Waals surface area contributed by atoms with Gasteiger partial charge in [-0.15, -0.1) is 0 Å². The molecule has 11 heteroatoms. The fourth-order valence-corrected chi connectivity index (χ4v) is 3.21. The third-order valence-electron chi connectivity index (χ3n) is 5.10. The summed E-state index contributed by atoms with van der Waals surface area (Å²) in [7, 11) is 1.67. The lowest BCUT2D eigenvalue weighted by Gasteiger charge is -2.24. The van der Waals surface area contributed by atoms with E-state index in [1.165, 1.54) is 9.80 Å². The van der Waals surface area contributed by atoms with E-state index in [0.29, 0.717) is 77.1 Å². The zero-order chi connectivity index (χ0) is 27.1. The van der Waals surface area contributed by atoms with Gasteiger partial charge in [-0.2, -0.15) is 0 Å². The highest BCUT2D eigenvalue weighted by atomic mass is 16.6. The van der Waals surface area contributed by atoms with E-state index in [2.05, 4.69) is 0 Å². The number of likely N-dealkylation sites (N-methyl/N-ethyl adjacent to an activating group) is 1. The van der Waals surface area contributed by atoms with Crippen molar-refractivity contribution >= 4 is 17.9 Å². The van der Waals surface area contributed by atoms with E-state index in [-0.39, 0.29) is 31.1 Å². The number of fused-ring (bicyclic) bond motifs is 1. The summed E-state index contributed by atoms with van der Waals surface area (Å²) in [4.78, 5) is 39.0. The van der Waals surface area contributed by atoms with Gasteiger partial charge in [0, 0.05) is 13.6 Å². The minimum atomic E-state index is -0.516. The van der Waals surface area contributed by atoms with Crippen LogP contribution in [0, 0.1) is 0 Å². The average Bonchev–Trinajstić information content (AvgIpc) is 3.09. The van der Waals surface area contributed by atoms with E-state index in [1.54, 1.807) is 31.3 Å². The maximum atomic E-state index is 12.3. The van der Waals surface area contributed by atoms with E-state index in [1.807, 2.05) is 20.8 Å². The van der Waals surface area contributed by atoms with E-state index in [4.69, 9.17) is 28.4 Å². The first kappa shape index (κ1) is 30.7. The lowest BCUT2D eigenvalue weighted by molar-refractivity contribution is -0.0136. The van der Waals surface area contributed by atoms with Crippen LogP contribution < -0.4 is 0 Å². The summed E-state index contributed by atoms with van der Waals surface area (Å²) in [6.07, 6.45) is -0.374. The van der Waals surface area contributed by atoms with Crippen LogP contribution in [0.1, 0.15) is 41.5 Å².